The lowest BCUT2D eigenvalue weighted by Crippen LogP contribution is -2.28. The average molecular weight is 370 g/mol. The molecular weight excluding hydrogens is 348 g/mol. The molecule has 4 aromatic heterocycles. The largest absolute Gasteiger partial charge is 0.353 e. The molecule has 0 saturated heterocycles. The first-order chi connectivity index (χ1) is 13.8. The molecule has 0 amide bonds. The maximum atomic E-state index is 13.8. The van der Waals surface area contributed by atoms with E-state index < -0.39 is 0 Å². The predicted octanol–water partition coefficient (Wildman–Crippen LogP) is 3.92. The first-order valence-corrected chi connectivity index (χ1v) is 9.38. The Hall–Kier alpha value is -3.47. The molecule has 0 spiro atoms. The molecule has 0 N–H and O–H groups in total. The molecule has 0 aromatic carbocycles. The average Bonchev–Trinajstić information content (AvgIpc) is 3.45. The zero-order valence-corrected chi connectivity index (χ0v) is 15.5. The molecular formula is C23H22N4O. The van der Waals surface area contributed by atoms with Gasteiger partial charge in [-0.2, -0.15) is 0 Å². The normalized spacial score (nSPS) is 13.1. The topological polar surface area (TPSA) is 52.7 Å². The summed E-state index contributed by atoms with van der Waals surface area (Å²) < 4.78 is 4.06. The number of hydrogen-bond donors (Lipinski definition) is 0. The van der Waals surface area contributed by atoms with E-state index in [9.17, 15) is 4.79 Å². The van der Waals surface area contributed by atoms with E-state index in [1.54, 1.807) is 12.4 Å². The molecule has 2 atom stereocenters. The Morgan fingerprint density at radius 3 is 1.46 bits per heavy atom. The van der Waals surface area contributed by atoms with Crippen LogP contribution in [0.2, 0.25) is 0 Å². The first kappa shape index (κ1) is 17.9. The third-order valence-electron chi connectivity index (χ3n) is 4.90. The number of nitrogens with zero attached hydrogens (tertiary/aromatic N) is 4. The van der Waals surface area contributed by atoms with Crippen molar-refractivity contribution in [3.05, 3.63) is 109 Å². The fourth-order valence-electron chi connectivity index (χ4n) is 3.47. The minimum absolute atomic E-state index is 0.125. The minimum Gasteiger partial charge on any atom is -0.353 e. The van der Waals surface area contributed by atoms with Crippen LogP contribution in [-0.4, -0.2) is 24.9 Å². The van der Waals surface area contributed by atoms with Crippen LogP contribution in [-0.2, 0) is 17.9 Å². The Morgan fingerprint density at radius 2 is 1.11 bits per heavy atom. The van der Waals surface area contributed by atoms with Crippen molar-refractivity contribution < 1.29 is 4.79 Å². The van der Waals surface area contributed by atoms with E-state index in [1.165, 1.54) is 0 Å². The molecule has 0 saturated carbocycles. The number of carbonyl (C=O) groups excluding carboxylic acids is 1. The van der Waals surface area contributed by atoms with Gasteiger partial charge in [-0.15, -0.1) is 0 Å². The van der Waals surface area contributed by atoms with Crippen LogP contribution in [0.3, 0.4) is 0 Å². The van der Waals surface area contributed by atoms with Gasteiger partial charge in [-0.25, -0.2) is 0 Å². The van der Waals surface area contributed by atoms with Crippen molar-refractivity contribution in [2.75, 3.05) is 0 Å². The quantitative estimate of drug-likeness (QED) is 0.472. The van der Waals surface area contributed by atoms with Crippen LogP contribution in [0.15, 0.2) is 97.8 Å². The fourth-order valence-corrected chi connectivity index (χ4v) is 3.47. The van der Waals surface area contributed by atoms with E-state index >= 15 is 0 Å². The van der Waals surface area contributed by atoms with Crippen molar-refractivity contribution in [3.63, 3.8) is 0 Å². The number of ketones is 1. The van der Waals surface area contributed by atoms with E-state index in [2.05, 4.69) is 9.97 Å². The van der Waals surface area contributed by atoms with Gasteiger partial charge in [0.2, 0.25) is 0 Å². The molecule has 28 heavy (non-hydrogen) atoms. The standard InChI is InChI=1S/C23H22N4O/c28-23(19(17-26-13-5-6-14-26)21-9-1-3-11-24-21)20(18-27-15-7-8-16-27)22-10-2-4-12-25-22/h1-16,19-20H,17-18H2. The van der Waals surface area contributed by atoms with E-state index in [0.717, 1.165) is 11.4 Å². The number of Topliss-reactive ketones (excluding diaryl/α,β-unsaturated/α-hetero) is 1. The summed E-state index contributed by atoms with van der Waals surface area (Å²) in [5.74, 6) is -0.577. The molecule has 0 radical (unpaired) electrons. The molecule has 5 heteroatoms. The molecule has 5 nitrogen and oxygen atoms in total. The van der Waals surface area contributed by atoms with E-state index in [0.29, 0.717) is 13.1 Å². The van der Waals surface area contributed by atoms with Crippen molar-refractivity contribution in [1.29, 1.82) is 0 Å². The van der Waals surface area contributed by atoms with Crippen molar-refractivity contribution >= 4 is 5.78 Å². The zero-order chi connectivity index (χ0) is 19.2. The van der Waals surface area contributed by atoms with Crippen molar-refractivity contribution in [2.24, 2.45) is 0 Å². The second-order valence-electron chi connectivity index (χ2n) is 6.78. The third kappa shape index (κ3) is 4.09. The van der Waals surface area contributed by atoms with Gasteiger partial charge in [-0.3, -0.25) is 14.8 Å². The molecule has 0 aliphatic rings. The van der Waals surface area contributed by atoms with Gasteiger partial charge in [0.05, 0.1) is 23.2 Å². The molecule has 140 valence electrons. The van der Waals surface area contributed by atoms with Gasteiger partial charge >= 0.3 is 0 Å². The maximum absolute atomic E-state index is 13.8. The Balaban J connectivity index is 1.70. The Kier molecular flexibility index (Phi) is 5.43. The molecule has 0 aliphatic heterocycles. The minimum atomic E-state index is -0.351. The number of rotatable bonds is 8. The number of aromatic nitrogens is 4. The van der Waals surface area contributed by atoms with Crippen molar-refractivity contribution in [2.45, 2.75) is 24.9 Å². The maximum Gasteiger partial charge on any atom is 0.154 e. The van der Waals surface area contributed by atoms with Crippen LogP contribution < -0.4 is 0 Å². The summed E-state index contributed by atoms with van der Waals surface area (Å²) in [6.45, 7) is 1.11. The van der Waals surface area contributed by atoms with E-state index in [1.807, 2.05) is 94.6 Å². The van der Waals surface area contributed by atoms with Gasteiger partial charge < -0.3 is 9.13 Å². The lowest BCUT2D eigenvalue weighted by molar-refractivity contribution is -0.122. The summed E-state index contributed by atoms with van der Waals surface area (Å²) in [5, 5.41) is 0. The van der Waals surface area contributed by atoms with Crippen LogP contribution in [0.5, 0.6) is 0 Å². The highest BCUT2D eigenvalue weighted by Gasteiger charge is 2.31. The number of pyridine rings is 2. The molecule has 0 bridgehead atoms. The first-order valence-electron chi connectivity index (χ1n) is 9.38. The monoisotopic (exact) mass is 370 g/mol. The lowest BCUT2D eigenvalue weighted by atomic mass is 9.87. The summed E-state index contributed by atoms with van der Waals surface area (Å²) in [4.78, 5) is 22.8. The smallest absolute Gasteiger partial charge is 0.154 e. The third-order valence-corrected chi connectivity index (χ3v) is 4.90. The molecule has 4 heterocycles. The Bertz CT molecular complexity index is 898. The van der Waals surface area contributed by atoms with Crippen LogP contribution in [0.4, 0.5) is 0 Å². The van der Waals surface area contributed by atoms with Crippen LogP contribution >= 0.6 is 0 Å². The van der Waals surface area contributed by atoms with E-state index in [-0.39, 0.29) is 17.6 Å². The molecule has 0 fully saturated rings. The lowest BCUT2D eigenvalue weighted by Gasteiger charge is -2.23. The zero-order valence-electron chi connectivity index (χ0n) is 15.5. The molecule has 0 aliphatic carbocycles. The molecule has 4 rings (SSSR count). The summed E-state index contributed by atoms with van der Waals surface area (Å²) >= 11 is 0. The number of hydrogen-bond acceptors (Lipinski definition) is 3. The van der Waals surface area contributed by atoms with Gasteiger partial charge in [0, 0.05) is 50.3 Å². The Labute approximate surface area is 164 Å². The molecule has 4 aromatic rings. The fraction of sp³-hybridized carbons (Fsp3) is 0.174. The predicted molar refractivity (Wildman–Crippen MR) is 108 cm³/mol. The summed E-state index contributed by atoms with van der Waals surface area (Å²) in [6, 6.07) is 19.3. The van der Waals surface area contributed by atoms with Gasteiger partial charge in [0.25, 0.3) is 0 Å². The summed E-state index contributed by atoms with van der Waals surface area (Å²) in [5.41, 5.74) is 1.57. The van der Waals surface area contributed by atoms with Crippen molar-refractivity contribution in [1.82, 2.24) is 19.1 Å². The van der Waals surface area contributed by atoms with Gasteiger partial charge in [0.15, 0.2) is 5.78 Å². The summed E-state index contributed by atoms with van der Waals surface area (Å²) in [6.07, 6.45) is 11.4. The highest BCUT2D eigenvalue weighted by molar-refractivity contribution is 5.91. The second-order valence-corrected chi connectivity index (χ2v) is 6.78. The highest BCUT2D eigenvalue weighted by Crippen LogP contribution is 2.28. The van der Waals surface area contributed by atoms with Crippen LogP contribution in [0.1, 0.15) is 23.2 Å². The number of carbonyl (C=O) groups is 1. The van der Waals surface area contributed by atoms with Gasteiger partial charge in [0.1, 0.15) is 0 Å². The van der Waals surface area contributed by atoms with Gasteiger partial charge in [-0.05, 0) is 48.5 Å². The van der Waals surface area contributed by atoms with Crippen LogP contribution in [0, 0.1) is 0 Å². The Morgan fingerprint density at radius 1 is 0.679 bits per heavy atom. The molecule has 2 unspecified atom stereocenters. The second kappa shape index (κ2) is 8.48. The van der Waals surface area contributed by atoms with Gasteiger partial charge in [-0.1, -0.05) is 12.1 Å². The SMILES string of the molecule is O=C(C(Cn1cccc1)c1ccccn1)C(Cn1cccc1)c1ccccn1. The summed E-state index contributed by atoms with van der Waals surface area (Å²) in [7, 11) is 0. The highest BCUT2D eigenvalue weighted by atomic mass is 16.1. The van der Waals surface area contributed by atoms with E-state index in [4.69, 9.17) is 0 Å². The van der Waals surface area contributed by atoms with Crippen molar-refractivity contribution in [3.8, 4) is 0 Å². The van der Waals surface area contributed by atoms with Crippen LogP contribution in [0.25, 0.3) is 0 Å².